The first kappa shape index (κ1) is 12.2. The first-order chi connectivity index (χ1) is 7.88. The van der Waals surface area contributed by atoms with E-state index in [1.54, 1.807) is 0 Å². The van der Waals surface area contributed by atoms with Crippen LogP contribution < -0.4 is 10.0 Å². The molecule has 1 aromatic heterocycles. The van der Waals surface area contributed by atoms with Gasteiger partial charge in [0.1, 0.15) is 10.4 Å². The Labute approximate surface area is 103 Å². The molecule has 0 aliphatic carbocycles. The molecule has 0 bridgehead atoms. The molecular formula is C8H9ClN4O3S. The minimum atomic E-state index is -3.74. The van der Waals surface area contributed by atoms with Crippen molar-refractivity contribution in [1.29, 1.82) is 0 Å². The maximum absolute atomic E-state index is 11.6. The number of carbonyl (C=O) groups excluding carboxylic acids is 1. The van der Waals surface area contributed by atoms with Crippen molar-refractivity contribution in [3.05, 3.63) is 17.4 Å². The molecule has 17 heavy (non-hydrogen) atoms. The van der Waals surface area contributed by atoms with E-state index in [1.807, 2.05) is 0 Å². The molecule has 2 heterocycles. The van der Waals surface area contributed by atoms with E-state index in [1.165, 1.54) is 17.2 Å². The maximum atomic E-state index is 11.6. The highest BCUT2D eigenvalue weighted by molar-refractivity contribution is 7.89. The monoisotopic (exact) mass is 276 g/mol. The van der Waals surface area contributed by atoms with Crippen molar-refractivity contribution in [1.82, 2.24) is 9.97 Å². The van der Waals surface area contributed by atoms with Gasteiger partial charge < -0.3 is 0 Å². The number of rotatable bonds is 2. The second kappa shape index (κ2) is 4.21. The van der Waals surface area contributed by atoms with E-state index in [4.69, 9.17) is 16.7 Å². The number of primary sulfonamides is 1. The molecule has 0 spiro atoms. The zero-order chi connectivity index (χ0) is 12.6. The molecule has 0 aromatic carbocycles. The lowest BCUT2D eigenvalue weighted by atomic mass is 10.4. The van der Waals surface area contributed by atoms with Gasteiger partial charge in [-0.3, -0.25) is 9.69 Å². The summed E-state index contributed by atoms with van der Waals surface area (Å²) in [4.78, 5) is 20.5. The lowest BCUT2D eigenvalue weighted by Gasteiger charge is -2.13. The van der Waals surface area contributed by atoms with Crippen LogP contribution >= 0.6 is 11.6 Å². The van der Waals surface area contributed by atoms with E-state index >= 15 is 0 Å². The number of aromatic nitrogens is 2. The number of sulfonamides is 1. The molecule has 9 heteroatoms. The van der Waals surface area contributed by atoms with Crippen molar-refractivity contribution < 1.29 is 13.2 Å². The summed E-state index contributed by atoms with van der Waals surface area (Å²) in [5.41, 5.74) is 0. The maximum Gasteiger partial charge on any atom is 0.233 e. The smallest absolute Gasteiger partial charge is 0.233 e. The Morgan fingerprint density at radius 3 is 2.76 bits per heavy atom. The Bertz CT molecular complexity index is 562. The van der Waals surface area contributed by atoms with Crippen LogP contribution in [0, 0.1) is 0 Å². The van der Waals surface area contributed by atoms with E-state index in [9.17, 15) is 13.2 Å². The Hall–Kier alpha value is -1.25. The van der Waals surface area contributed by atoms with Gasteiger partial charge in [-0.25, -0.2) is 23.5 Å². The van der Waals surface area contributed by atoms with E-state index in [0.717, 1.165) is 0 Å². The van der Waals surface area contributed by atoms with Crippen molar-refractivity contribution in [3.63, 3.8) is 0 Å². The molecule has 92 valence electrons. The predicted molar refractivity (Wildman–Crippen MR) is 60.9 cm³/mol. The van der Waals surface area contributed by atoms with Crippen LogP contribution in [0.2, 0.25) is 5.15 Å². The van der Waals surface area contributed by atoms with Crippen LogP contribution in [0.3, 0.4) is 0 Å². The molecule has 0 radical (unpaired) electrons. The van der Waals surface area contributed by atoms with Gasteiger partial charge in [-0.05, 0) is 6.07 Å². The minimum Gasteiger partial charge on any atom is -0.279 e. The topological polar surface area (TPSA) is 106 Å². The lowest BCUT2D eigenvalue weighted by molar-refractivity contribution is -0.117. The van der Waals surface area contributed by atoms with Crippen LogP contribution in [0.1, 0.15) is 6.42 Å². The number of anilines is 1. The van der Waals surface area contributed by atoms with Gasteiger partial charge in [0, 0.05) is 19.2 Å². The number of hydrogen-bond acceptors (Lipinski definition) is 5. The van der Waals surface area contributed by atoms with Gasteiger partial charge in [-0.1, -0.05) is 11.6 Å². The number of nitrogens with zero attached hydrogens (tertiary/aromatic N) is 3. The molecule has 1 aliphatic rings. The van der Waals surface area contributed by atoms with Crippen LogP contribution in [0.25, 0.3) is 0 Å². The van der Waals surface area contributed by atoms with Gasteiger partial charge in [0.05, 0.1) is 0 Å². The fourth-order valence-corrected chi connectivity index (χ4v) is 2.41. The number of carbonyl (C=O) groups is 1. The van der Waals surface area contributed by atoms with Gasteiger partial charge in [-0.15, -0.1) is 0 Å². The first-order valence-corrected chi connectivity index (χ1v) is 6.67. The molecule has 1 fully saturated rings. The molecule has 1 aliphatic heterocycles. The standard InChI is InChI=1S/C8H9ClN4O3S/c9-6-1-2-11-8(12-6)13-4-5(3-7(13)14)17(10,15)16/h1-2,5H,3-4H2,(H2,10,15,16). The van der Waals surface area contributed by atoms with Crippen molar-refractivity contribution in [2.75, 3.05) is 11.4 Å². The van der Waals surface area contributed by atoms with Crippen molar-refractivity contribution in [3.8, 4) is 0 Å². The molecule has 2 rings (SSSR count). The van der Waals surface area contributed by atoms with Gasteiger partial charge in [-0.2, -0.15) is 0 Å². The van der Waals surface area contributed by atoms with E-state index in [-0.39, 0.29) is 30.0 Å². The highest BCUT2D eigenvalue weighted by Crippen LogP contribution is 2.21. The summed E-state index contributed by atoms with van der Waals surface area (Å²) in [5.74, 6) is -0.292. The summed E-state index contributed by atoms with van der Waals surface area (Å²) < 4.78 is 22.3. The Kier molecular flexibility index (Phi) is 3.02. The number of amides is 1. The Morgan fingerprint density at radius 2 is 2.24 bits per heavy atom. The summed E-state index contributed by atoms with van der Waals surface area (Å²) in [5, 5.41) is 4.26. The quantitative estimate of drug-likeness (QED) is 0.735. The van der Waals surface area contributed by atoms with Crippen LogP contribution in [0.5, 0.6) is 0 Å². The first-order valence-electron chi connectivity index (χ1n) is 4.68. The third-order valence-electron chi connectivity index (χ3n) is 2.40. The summed E-state index contributed by atoms with van der Waals surface area (Å²) in [6.07, 6.45) is 1.23. The van der Waals surface area contributed by atoms with Crippen molar-refractivity contribution in [2.45, 2.75) is 11.7 Å². The SMILES string of the molecule is NS(=O)(=O)C1CC(=O)N(c2nccc(Cl)n2)C1. The summed E-state index contributed by atoms with van der Waals surface area (Å²) >= 11 is 5.67. The highest BCUT2D eigenvalue weighted by Gasteiger charge is 2.38. The Morgan fingerprint density at radius 1 is 1.53 bits per heavy atom. The number of hydrogen-bond donors (Lipinski definition) is 1. The zero-order valence-electron chi connectivity index (χ0n) is 8.58. The average Bonchev–Trinajstić information content (AvgIpc) is 2.60. The van der Waals surface area contributed by atoms with Crippen LogP contribution in [-0.4, -0.2) is 36.1 Å². The number of halogens is 1. The molecular weight excluding hydrogens is 268 g/mol. The third-order valence-corrected chi connectivity index (χ3v) is 3.86. The zero-order valence-corrected chi connectivity index (χ0v) is 10.1. The molecule has 1 unspecified atom stereocenters. The third kappa shape index (κ3) is 2.54. The van der Waals surface area contributed by atoms with Gasteiger partial charge >= 0.3 is 0 Å². The second-order valence-corrected chi connectivity index (χ2v) is 5.83. The lowest BCUT2D eigenvalue weighted by Crippen LogP contribution is -2.32. The summed E-state index contributed by atoms with van der Waals surface area (Å²) in [7, 11) is -3.74. The van der Waals surface area contributed by atoms with Crippen LogP contribution in [0.15, 0.2) is 12.3 Å². The summed E-state index contributed by atoms with van der Waals surface area (Å²) in [6, 6.07) is 1.46. The fourth-order valence-electron chi connectivity index (χ4n) is 1.55. The fraction of sp³-hybridized carbons (Fsp3) is 0.375. The molecule has 1 atom stereocenters. The van der Waals surface area contributed by atoms with Crippen molar-refractivity contribution >= 4 is 33.5 Å². The molecule has 7 nitrogen and oxygen atoms in total. The predicted octanol–water partition coefficient (Wildman–Crippen LogP) is -0.476. The summed E-state index contributed by atoms with van der Waals surface area (Å²) in [6.45, 7) is -0.0436. The Balaban J connectivity index is 2.28. The molecule has 0 saturated carbocycles. The molecule has 1 aromatic rings. The van der Waals surface area contributed by atoms with Crippen LogP contribution in [0.4, 0.5) is 5.95 Å². The van der Waals surface area contributed by atoms with Gasteiger partial charge in [0.15, 0.2) is 0 Å². The van der Waals surface area contributed by atoms with Gasteiger partial charge in [0.25, 0.3) is 0 Å². The normalized spacial score (nSPS) is 20.9. The number of nitrogens with two attached hydrogens (primary N) is 1. The van der Waals surface area contributed by atoms with Crippen molar-refractivity contribution in [2.24, 2.45) is 5.14 Å². The van der Waals surface area contributed by atoms with E-state index < -0.39 is 15.3 Å². The highest BCUT2D eigenvalue weighted by atomic mass is 35.5. The van der Waals surface area contributed by atoms with Crippen LogP contribution in [-0.2, 0) is 14.8 Å². The second-order valence-electron chi connectivity index (χ2n) is 3.60. The average molecular weight is 277 g/mol. The van der Waals surface area contributed by atoms with E-state index in [0.29, 0.717) is 0 Å². The molecule has 1 amide bonds. The molecule has 1 saturated heterocycles. The minimum absolute atomic E-state index is 0.0436. The van der Waals surface area contributed by atoms with Gasteiger partial charge in [0.2, 0.25) is 21.9 Å². The molecule has 2 N–H and O–H groups in total. The van der Waals surface area contributed by atoms with E-state index in [2.05, 4.69) is 9.97 Å². The largest absolute Gasteiger partial charge is 0.279 e.